The van der Waals surface area contributed by atoms with E-state index in [1.54, 1.807) is 0 Å². The van der Waals surface area contributed by atoms with Gasteiger partial charge in [-0.2, -0.15) is 0 Å². The number of phenolic OH excluding ortho intramolecular Hbond substituents is 1. The molecule has 0 atom stereocenters. The fourth-order valence-electron chi connectivity index (χ4n) is 1.06. The molecule has 0 amide bonds. The topological polar surface area (TPSA) is 42.4 Å². The average molecular weight is 235 g/mol. The number of hydrogen-bond donors (Lipinski definition) is 1. The molecule has 1 N–H and O–H groups in total. The number of aromatic nitrogens is 1. The molecule has 1 heterocycles. The van der Waals surface area contributed by atoms with E-state index < -0.39 is 11.6 Å². The number of halogens is 3. The van der Waals surface area contributed by atoms with Crippen molar-refractivity contribution in [1.82, 2.24) is 4.98 Å². The van der Waals surface area contributed by atoms with Gasteiger partial charge in [-0.3, -0.25) is 0 Å². The SMILES string of the molecule is Oc1cccc2nc(OC(F)(F)F)sc12. The summed E-state index contributed by atoms with van der Waals surface area (Å²) < 4.78 is 39.5. The van der Waals surface area contributed by atoms with Gasteiger partial charge < -0.3 is 9.84 Å². The van der Waals surface area contributed by atoms with E-state index in [0.29, 0.717) is 11.3 Å². The molecular formula is C8H4F3NO2S. The van der Waals surface area contributed by atoms with Crippen LogP contribution in [0.3, 0.4) is 0 Å². The molecule has 0 spiro atoms. The Kier molecular flexibility index (Phi) is 2.18. The van der Waals surface area contributed by atoms with E-state index in [0.717, 1.165) is 0 Å². The van der Waals surface area contributed by atoms with Gasteiger partial charge in [0.1, 0.15) is 5.75 Å². The molecule has 1 aromatic carbocycles. The van der Waals surface area contributed by atoms with E-state index in [9.17, 15) is 18.3 Å². The molecule has 0 radical (unpaired) electrons. The Morgan fingerprint density at radius 1 is 1.33 bits per heavy atom. The normalized spacial score (nSPS) is 11.9. The van der Waals surface area contributed by atoms with Gasteiger partial charge in [0.2, 0.25) is 0 Å². The molecule has 1 aromatic heterocycles. The van der Waals surface area contributed by atoms with Gasteiger partial charge in [-0.25, -0.2) is 4.98 Å². The fourth-order valence-corrected chi connectivity index (χ4v) is 1.90. The standard InChI is InChI=1S/C8H4F3NO2S/c9-8(10,11)14-7-12-4-2-1-3-5(13)6(4)15-7/h1-3,13H. The Morgan fingerprint density at radius 3 is 2.67 bits per heavy atom. The van der Waals surface area contributed by atoms with Crippen molar-refractivity contribution in [2.75, 3.05) is 0 Å². The Bertz CT molecular complexity index is 494. The molecule has 0 aliphatic carbocycles. The monoisotopic (exact) mass is 235 g/mol. The number of fused-ring (bicyclic) bond motifs is 1. The van der Waals surface area contributed by atoms with Crippen LogP contribution in [-0.4, -0.2) is 16.5 Å². The van der Waals surface area contributed by atoms with Gasteiger partial charge in [0.15, 0.2) is 0 Å². The lowest BCUT2D eigenvalue weighted by Gasteiger charge is -2.03. The molecule has 0 aliphatic rings. The van der Waals surface area contributed by atoms with E-state index in [1.165, 1.54) is 18.2 Å². The van der Waals surface area contributed by atoms with Crippen LogP contribution in [-0.2, 0) is 0 Å². The first-order valence-electron chi connectivity index (χ1n) is 3.80. The molecule has 2 aromatic rings. The summed E-state index contributed by atoms with van der Waals surface area (Å²) in [7, 11) is 0. The first-order valence-corrected chi connectivity index (χ1v) is 4.61. The highest BCUT2D eigenvalue weighted by Crippen LogP contribution is 2.36. The first kappa shape index (κ1) is 10.0. The quantitative estimate of drug-likeness (QED) is 0.826. The number of rotatable bonds is 1. The zero-order valence-electron chi connectivity index (χ0n) is 7.08. The zero-order chi connectivity index (χ0) is 11.1. The van der Waals surface area contributed by atoms with Crippen LogP contribution in [0.4, 0.5) is 13.2 Å². The van der Waals surface area contributed by atoms with Crippen molar-refractivity contribution in [3.05, 3.63) is 18.2 Å². The average Bonchev–Trinajstić information content (AvgIpc) is 2.45. The van der Waals surface area contributed by atoms with E-state index in [4.69, 9.17) is 0 Å². The molecule has 0 unspecified atom stereocenters. The number of hydrogen-bond acceptors (Lipinski definition) is 4. The van der Waals surface area contributed by atoms with Gasteiger partial charge in [0, 0.05) is 0 Å². The predicted molar refractivity (Wildman–Crippen MR) is 48.0 cm³/mol. The molecule has 0 saturated heterocycles. The first-order chi connectivity index (χ1) is 6.96. The fraction of sp³-hybridized carbons (Fsp3) is 0.125. The number of benzene rings is 1. The summed E-state index contributed by atoms with van der Waals surface area (Å²) >= 11 is 0.647. The van der Waals surface area contributed by atoms with E-state index in [1.807, 2.05) is 0 Å². The maximum Gasteiger partial charge on any atom is 0.574 e. The molecule has 15 heavy (non-hydrogen) atoms. The number of ether oxygens (including phenoxy) is 1. The number of alkyl halides is 3. The second-order valence-corrected chi connectivity index (χ2v) is 3.61. The van der Waals surface area contributed by atoms with Crippen molar-refractivity contribution in [1.29, 1.82) is 0 Å². The molecule has 2 rings (SSSR count). The summed E-state index contributed by atoms with van der Waals surface area (Å²) in [5.41, 5.74) is 0.277. The lowest BCUT2D eigenvalue weighted by Crippen LogP contribution is -2.16. The van der Waals surface area contributed by atoms with Gasteiger partial charge in [0.25, 0.3) is 5.19 Å². The maximum atomic E-state index is 11.9. The van der Waals surface area contributed by atoms with E-state index >= 15 is 0 Å². The molecular weight excluding hydrogens is 231 g/mol. The minimum atomic E-state index is -4.76. The summed E-state index contributed by atoms with van der Waals surface area (Å²) in [5, 5.41) is 8.79. The molecule has 0 fully saturated rings. The Hall–Kier alpha value is -1.50. The highest BCUT2D eigenvalue weighted by atomic mass is 32.1. The van der Waals surface area contributed by atoms with Gasteiger partial charge in [-0.1, -0.05) is 17.4 Å². The number of aromatic hydroxyl groups is 1. The summed E-state index contributed by atoms with van der Waals surface area (Å²) in [5.74, 6) is -0.109. The van der Waals surface area contributed by atoms with Gasteiger partial charge in [0.05, 0.1) is 10.2 Å². The van der Waals surface area contributed by atoms with Crippen LogP contribution in [0.5, 0.6) is 10.9 Å². The Balaban J connectivity index is 2.44. The third-order valence-electron chi connectivity index (χ3n) is 1.58. The van der Waals surface area contributed by atoms with Crippen molar-refractivity contribution in [3.63, 3.8) is 0 Å². The smallest absolute Gasteiger partial charge is 0.506 e. The maximum absolute atomic E-state index is 11.9. The minimum absolute atomic E-state index is 0.109. The molecule has 7 heteroatoms. The number of nitrogens with zero attached hydrogens (tertiary/aromatic N) is 1. The van der Waals surface area contributed by atoms with Gasteiger partial charge in [-0.15, -0.1) is 13.2 Å². The largest absolute Gasteiger partial charge is 0.574 e. The van der Waals surface area contributed by atoms with Crippen molar-refractivity contribution in [2.45, 2.75) is 6.36 Å². The second-order valence-electron chi connectivity index (χ2n) is 2.65. The Labute approximate surface area is 85.7 Å². The minimum Gasteiger partial charge on any atom is -0.506 e. The van der Waals surface area contributed by atoms with Gasteiger partial charge in [-0.05, 0) is 12.1 Å². The summed E-state index contributed by atoms with van der Waals surface area (Å²) in [4.78, 5) is 3.58. The summed E-state index contributed by atoms with van der Waals surface area (Å²) in [6.45, 7) is 0. The highest BCUT2D eigenvalue weighted by Gasteiger charge is 2.32. The highest BCUT2D eigenvalue weighted by molar-refractivity contribution is 7.20. The van der Waals surface area contributed by atoms with E-state index in [-0.39, 0.29) is 16.0 Å². The lowest BCUT2D eigenvalue weighted by atomic mass is 10.3. The third-order valence-corrected chi connectivity index (χ3v) is 2.55. The number of phenols is 1. The second kappa shape index (κ2) is 3.27. The zero-order valence-corrected chi connectivity index (χ0v) is 7.89. The number of thiazole rings is 1. The predicted octanol–water partition coefficient (Wildman–Crippen LogP) is 2.90. The molecule has 80 valence electrons. The van der Waals surface area contributed by atoms with Gasteiger partial charge >= 0.3 is 6.36 Å². The van der Waals surface area contributed by atoms with Crippen LogP contribution < -0.4 is 4.74 Å². The summed E-state index contributed by atoms with van der Waals surface area (Å²) in [6, 6.07) is 4.36. The van der Waals surface area contributed by atoms with Crippen LogP contribution in [0.1, 0.15) is 0 Å². The van der Waals surface area contributed by atoms with Crippen molar-refractivity contribution < 1.29 is 23.0 Å². The van der Waals surface area contributed by atoms with Crippen LogP contribution in [0.2, 0.25) is 0 Å². The molecule has 0 saturated carbocycles. The van der Waals surface area contributed by atoms with Crippen LogP contribution >= 0.6 is 11.3 Å². The molecule has 0 aliphatic heterocycles. The lowest BCUT2D eigenvalue weighted by molar-refractivity contribution is -0.274. The van der Waals surface area contributed by atoms with Crippen LogP contribution in [0.15, 0.2) is 18.2 Å². The molecule has 0 bridgehead atoms. The Morgan fingerprint density at radius 2 is 2.07 bits per heavy atom. The van der Waals surface area contributed by atoms with Crippen molar-refractivity contribution in [2.24, 2.45) is 0 Å². The van der Waals surface area contributed by atoms with Crippen LogP contribution in [0.25, 0.3) is 10.2 Å². The summed E-state index contributed by atoms with van der Waals surface area (Å²) in [6.07, 6.45) is -4.76. The van der Waals surface area contributed by atoms with Crippen molar-refractivity contribution >= 4 is 21.6 Å². The third kappa shape index (κ3) is 2.12. The van der Waals surface area contributed by atoms with Crippen LogP contribution in [0, 0.1) is 0 Å². The molecule has 3 nitrogen and oxygen atoms in total. The van der Waals surface area contributed by atoms with E-state index in [2.05, 4.69) is 9.72 Å². The van der Waals surface area contributed by atoms with Crippen molar-refractivity contribution in [3.8, 4) is 10.9 Å².